The number of hydrogen-bond donors (Lipinski definition) is 1. The fourth-order valence-corrected chi connectivity index (χ4v) is 1.63. The van der Waals surface area contributed by atoms with Crippen molar-refractivity contribution in [2.24, 2.45) is 11.8 Å². The van der Waals surface area contributed by atoms with E-state index in [0.717, 1.165) is 11.8 Å². The van der Waals surface area contributed by atoms with Gasteiger partial charge in [0.2, 0.25) is 0 Å². The molecular formula is C6H11N. The van der Waals surface area contributed by atoms with Gasteiger partial charge >= 0.3 is 0 Å². The molecule has 0 amide bonds. The average Bonchev–Trinajstić information content (AvgIpc) is 1.85. The smallest absolute Gasteiger partial charge is 0.00173 e. The molecule has 1 nitrogen and oxygen atoms in total. The first-order chi connectivity index (χ1) is 3.47. The van der Waals surface area contributed by atoms with Gasteiger partial charge in [-0.1, -0.05) is 0 Å². The predicted octanol–water partition coefficient (Wildman–Crippen LogP) is 0.616. The van der Waals surface area contributed by atoms with Crippen molar-refractivity contribution in [3.63, 3.8) is 0 Å². The van der Waals surface area contributed by atoms with E-state index in [0.29, 0.717) is 0 Å². The minimum atomic E-state index is 1.08. The number of rotatable bonds is 0. The maximum Gasteiger partial charge on any atom is -0.00173 e. The molecule has 1 aliphatic heterocycles. The number of fused-ring (bicyclic) bond motifs is 1. The Kier molecular flexibility index (Phi) is 0.680. The van der Waals surface area contributed by atoms with E-state index in [1.807, 2.05) is 0 Å². The van der Waals surface area contributed by atoms with Crippen LogP contribution in [-0.2, 0) is 0 Å². The Bertz CT molecular complexity index is 70.2. The van der Waals surface area contributed by atoms with Crippen LogP contribution in [-0.4, -0.2) is 13.1 Å². The molecule has 1 N–H and O–H groups in total. The minimum absolute atomic E-state index is 1.08. The first-order valence-electron chi connectivity index (χ1n) is 3.17. The molecule has 2 fully saturated rings. The lowest BCUT2D eigenvalue weighted by atomic mass is 9.77. The van der Waals surface area contributed by atoms with Crippen molar-refractivity contribution in [1.29, 1.82) is 0 Å². The molecule has 0 radical (unpaired) electrons. The van der Waals surface area contributed by atoms with Crippen LogP contribution in [0.4, 0.5) is 0 Å². The monoisotopic (exact) mass is 97.1 g/mol. The highest BCUT2D eigenvalue weighted by molar-refractivity contribution is 4.88. The van der Waals surface area contributed by atoms with Crippen molar-refractivity contribution in [3.05, 3.63) is 0 Å². The summed E-state index contributed by atoms with van der Waals surface area (Å²) in [5.41, 5.74) is 0. The molecule has 0 bridgehead atoms. The molecule has 2 aliphatic rings. The van der Waals surface area contributed by atoms with Crippen LogP contribution in [0.15, 0.2) is 0 Å². The summed E-state index contributed by atoms with van der Waals surface area (Å²) >= 11 is 0. The van der Waals surface area contributed by atoms with Gasteiger partial charge in [-0.3, -0.25) is 0 Å². The van der Waals surface area contributed by atoms with E-state index in [1.54, 1.807) is 0 Å². The van der Waals surface area contributed by atoms with Gasteiger partial charge in [-0.2, -0.15) is 0 Å². The first kappa shape index (κ1) is 3.90. The molecule has 0 aromatic heterocycles. The molecule has 0 spiro atoms. The molecule has 1 unspecified atom stereocenters. The highest BCUT2D eigenvalue weighted by Crippen LogP contribution is 2.36. The summed E-state index contributed by atoms with van der Waals surface area (Å²) in [6.07, 6.45) is 3.00. The lowest BCUT2D eigenvalue weighted by molar-refractivity contribution is 0.243. The molecule has 40 valence electrons. The third-order valence-electron chi connectivity index (χ3n) is 2.39. The molecular weight excluding hydrogens is 86.1 g/mol. The maximum atomic E-state index is 3.38. The minimum Gasteiger partial charge on any atom is -0.316 e. The van der Waals surface area contributed by atoms with Crippen LogP contribution in [0, 0.1) is 11.8 Å². The summed E-state index contributed by atoms with van der Waals surface area (Å²) in [7, 11) is 0. The molecule has 7 heavy (non-hydrogen) atoms. The summed E-state index contributed by atoms with van der Waals surface area (Å²) in [5, 5.41) is 3.38. The van der Waals surface area contributed by atoms with E-state index in [-0.39, 0.29) is 0 Å². The molecule has 1 heteroatoms. The van der Waals surface area contributed by atoms with Crippen molar-refractivity contribution < 1.29 is 0 Å². The van der Waals surface area contributed by atoms with E-state index < -0.39 is 0 Å². The molecule has 0 aromatic rings. The topological polar surface area (TPSA) is 12.0 Å². The summed E-state index contributed by atoms with van der Waals surface area (Å²) in [6, 6.07) is 0. The normalized spacial score (nSPS) is 48.0. The molecule has 1 saturated heterocycles. The third kappa shape index (κ3) is 0.418. The van der Waals surface area contributed by atoms with Gasteiger partial charge in [-0.05, 0) is 37.8 Å². The van der Waals surface area contributed by atoms with E-state index in [4.69, 9.17) is 0 Å². The van der Waals surface area contributed by atoms with E-state index in [9.17, 15) is 0 Å². The van der Waals surface area contributed by atoms with Crippen LogP contribution < -0.4 is 5.32 Å². The predicted molar refractivity (Wildman–Crippen MR) is 29.1 cm³/mol. The molecule has 2 rings (SSSR count). The van der Waals surface area contributed by atoms with Crippen molar-refractivity contribution in [1.82, 2.24) is 5.32 Å². The molecule has 2 atom stereocenters. The largest absolute Gasteiger partial charge is 0.316 e. The van der Waals surface area contributed by atoms with Crippen molar-refractivity contribution in [2.45, 2.75) is 12.8 Å². The fourth-order valence-electron chi connectivity index (χ4n) is 1.63. The molecule has 0 aromatic carbocycles. The fraction of sp³-hybridized carbons (Fsp3) is 1.00. The standard InChI is InChI=1S/C6H11N/c1-2-6-4-7-3-5(1)6/h5-7H,1-4H2/t5-,6?/m0/s1. The molecule has 1 heterocycles. The highest BCUT2D eigenvalue weighted by Gasteiger charge is 2.34. The Morgan fingerprint density at radius 1 is 1.00 bits per heavy atom. The van der Waals surface area contributed by atoms with Gasteiger partial charge in [0.05, 0.1) is 0 Å². The van der Waals surface area contributed by atoms with Crippen LogP contribution in [0.3, 0.4) is 0 Å². The zero-order valence-corrected chi connectivity index (χ0v) is 4.48. The Hall–Kier alpha value is -0.0400. The van der Waals surface area contributed by atoms with Crippen LogP contribution in [0.2, 0.25) is 0 Å². The Morgan fingerprint density at radius 3 is 1.86 bits per heavy atom. The van der Waals surface area contributed by atoms with Crippen LogP contribution in [0.25, 0.3) is 0 Å². The third-order valence-corrected chi connectivity index (χ3v) is 2.39. The highest BCUT2D eigenvalue weighted by atomic mass is 14.9. The number of nitrogens with one attached hydrogen (secondary N) is 1. The van der Waals surface area contributed by atoms with Crippen molar-refractivity contribution in [3.8, 4) is 0 Å². The summed E-state index contributed by atoms with van der Waals surface area (Å²) in [4.78, 5) is 0. The van der Waals surface area contributed by atoms with Gasteiger partial charge in [0.25, 0.3) is 0 Å². The van der Waals surface area contributed by atoms with E-state index in [2.05, 4.69) is 5.32 Å². The second-order valence-electron chi connectivity index (χ2n) is 2.76. The second kappa shape index (κ2) is 1.22. The van der Waals surface area contributed by atoms with Gasteiger partial charge in [0.15, 0.2) is 0 Å². The lowest BCUT2D eigenvalue weighted by Gasteiger charge is -2.28. The summed E-state index contributed by atoms with van der Waals surface area (Å²) in [6.45, 7) is 2.62. The summed E-state index contributed by atoms with van der Waals surface area (Å²) in [5.74, 6) is 2.17. The van der Waals surface area contributed by atoms with Gasteiger partial charge in [0, 0.05) is 0 Å². The van der Waals surface area contributed by atoms with Gasteiger partial charge < -0.3 is 5.32 Å². The molecule has 1 aliphatic carbocycles. The van der Waals surface area contributed by atoms with Crippen molar-refractivity contribution >= 4 is 0 Å². The Labute approximate surface area is 44.1 Å². The first-order valence-corrected chi connectivity index (χ1v) is 3.17. The SMILES string of the molecule is C1C[C@H]2CNCC12. The number of hydrogen-bond acceptors (Lipinski definition) is 1. The van der Waals surface area contributed by atoms with E-state index >= 15 is 0 Å². The van der Waals surface area contributed by atoms with Crippen LogP contribution >= 0.6 is 0 Å². The van der Waals surface area contributed by atoms with Gasteiger partial charge in [-0.15, -0.1) is 0 Å². The summed E-state index contributed by atoms with van der Waals surface area (Å²) < 4.78 is 0. The quantitative estimate of drug-likeness (QED) is 0.467. The van der Waals surface area contributed by atoms with E-state index in [1.165, 1.54) is 25.9 Å². The average molecular weight is 97.2 g/mol. The zero-order valence-electron chi connectivity index (χ0n) is 4.48. The molecule has 1 saturated carbocycles. The zero-order chi connectivity index (χ0) is 4.69. The van der Waals surface area contributed by atoms with Crippen molar-refractivity contribution in [2.75, 3.05) is 13.1 Å². The second-order valence-corrected chi connectivity index (χ2v) is 2.76. The lowest BCUT2D eigenvalue weighted by Crippen LogP contribution is -2.22. The Morgan fingerprint density at radius 2 is 1.57 bits per heavy atom. The maximum absolute atomic E-state index is 3.38. The van der Waals surface area contributed by atoms with Crippen LogP contribution in [0.5, 0.6) is 0 Å². The van der Waals surface area contributed by atoms with Crippen LogP contribution in [0.1, 0.15) is 12.8 Å². The van der Waals surface area contributed by atoms with Gasteiger partial charge in [0.1, 0.15) is 0 Å². The van der Waals surface area contributed by atoms with Gasteiger partial charge in [-0.25, -0.2) is 0 Å². The Balaban J connectivity index is 2.03.